The summed E-state index contributed by atoms with van der Waals surface area (Å²) < 4.78 is 0. The highest BCUT2D eigenvalue weighted by molar-refractivity contribution is 5.28. The molecule has 0 aliphatic heterocycles. The van der Waals surface area contributed by atoms with E-state index in [1.54, 1.807) is 6.20 Å². The second-order valence-corrected chi connectivity index (χ2v) is 3.53. The molecule has 0 aliphatic rings. The number of rotatable bonds is 3. The Morgan fingerprint density at radius 3 is 2.53 bits per heavy atom. The summed E-state index contributed by atoms with van der Waals surface area (Å²) in [4.78, 5) is 0. The van der Waals surface area contributed by atoms with E-state index in [1.165, 1.54) is 11.1 Å². The summed E-state index contributed by atoms with van der Waals surface area (Å²) >= 11 is 0. The van der Waals surface area contributed by atoms with E-state index in [1.807, 2.05) is 7.05 Å². The van der Waals surface area contributed by atoms with Gasteiger partial charge < -0.3 is 5.32 Å². The highest BCUT2D eigenvalue weighted by Crippen LogP contribution is 2.19. The Hall–Kier alpha value is -1.68. The Labute approximate surface area is 88.7 Å². The topological polar surface area (TPSA) is 53.6 Å². The molecule has 2 rings (SSSR count). The lowest BCUT2D eigenvalue weighted by Gasteiger charge is -2.13. The Kier molecular flexibility index (Phi) is 2.78. The maximum absolute atomic E-state index is 4.09. The quantitative estimate of drug-likeness (QED) is 0.791. The number of nitrogens with zero attached hydrogens (tertiary/aromatic N) is 2. The van der Waals surface area contributed by atoms with E-state index in [4.69, 9.17) is 0 Å². The summed E-state index contributed by atoms with van der Waals surface area (Å²) in [5.74, 6) is 0. The lowest BCUT2D eigenvalue weighted by molar-refractivity contribution is 0.667. The van der Waals surface area contributed by atoms with Crippen molar-refractivity contribution >= 4 is 0 Å². The maximum atomic E-state index is 4.09. The maximum Gasteiger partial charge on any atom is 0.104 e. The van der Waals surface area contributed by atoms with Crippen LogP contribution in [-0.2, 0) is 0 Å². The van der Waals surface area contributed by atoms with Crippen molar-refractivity contribution in [3.63, 3.8) is 0 Å². The molecule has 1 atom stereocenters. The molecule has 0 amide bonds. The minimum atomic E-state index is 0.101. The number of aryl methyl sites for hydroxylation is 1. The predicted molar refractivity (Wildman–Crippen MR) is 58.5 cm³/mol. The first kappa shape index (κ1) is 9.86. The number of benzene rings is 1. The summed E-state index contributed by atoms with van der Waals surface area (Å²) in [5, 5.41) is 13.7. The molecular formula is C11H14N4. The SMILES string of the molecule is CNC(c1ccc(C)cc1)c1cn[nH]n1. The van der Waals surface area contributed by atoms with Crippen LogP contribution in [0.2, 0.25) is 0 Å². The van der Waals surface area contributed by atoms with Gasteiger partial charge in [-0.25, -0.2) is 0 Å². The van der Waals surface area contributed by atoms with Crippen LogP contribution in [0.4, 0.5) is 0 Å². The molecule has 1 heterocycles. The van der Waals surface area contributed by atoms with E-state index in [0.717, 1.165) is 5.69 Å². The van der Waals surface area contributed by atoms with Crippen LogP contribution in [0.3, 0.4) is 0 Å². The van der Waals surface area contributed by atoms with Crippen molar-refractivity contribution in [1.29, 1.82) is 0 Å². The monoisotopic (exact) mass is 202 g/mol. The molecule has 0 radical (unpaired) electrons. The van der Waals surface area contributed by atoms with Gasteiger partial charge in [0.05, 0.1) is 12.2 Å². The minimum absolute atomic E-state index is 0.101. The fraction of sp³-hybridized carbons (Fsp3) is 0.273. The average Bonchev–Trinajstić information content (AvgIpc) is 2.75. The molecule has 0 bridgehead atoms. The lowest BCUT2D eigenvalue weighted by atomic mass is 10.0. The van der Waals surface area contributed by atoms with Crippen molar-refractivity contribution in [1.82, 2.24) is 20.7 Å². The van der Waals surface area contributed by atoms with Crippen LogP contribution in [0.1, 0.15) is 22.9 Å². The predicted octanol–water partition coefficient (Wildman–Crippen LogP) is 1.42. The molecular weight excluding hydrogens is 188 g/mol. The molecule has 0 saturated carbocycles. The van der Waals surface area contributed by atoms with Crippen LogP contribution in [0, 0.1) is 6.92 Å². The molecule has 2 aromatic rings. The van der Waals surface area contributed by atoms with Gasteiger partial charge >= 0.3 is 0 Å². The van der Waals surface area contributed by atoms with Crippen molar-refractivity contribution in [2.24, 2.45) is 0 Å². The van der Waals surface area contributed by atoms with Gasteiger partial charge in [0.15, 0.2) is 0 Å². The zero-order valence-electron chi connectivity index (χ0n) is 8.86. The van der Waals surface area contributed by atoms with Gasteiger partial charge in [-0.3, -0.25) is 0 Å². The normalized spacial score (nSPS) is 12.7. The van der Waals surface area contributed by atoms with Crippen LogP contribution in [0.25, 0.3) is 0 Å². The summed E-state index contributed by atoms with van der Waals surface area (Å²) in [5.41, 5.74) is 3.35. The molecule has 2 N–H and O–H groups in total. The van der Waals surface area contributed by atoms with E-state index in [-0.39, 0.29) is 6.04 Å². The number of aromatic nitrogens is 3. The molecule has 0 spiro atoms. The van der Waals surface area contributed by atoms with E-state index >= 15 is 0 Å². The number of nitrogens with one attached hydrogen (secondary N) is 2. The van der Waals surface area contributed by atoms with Crippen LogP contribution in [-0.4, -0.2) is 22.5 Å². The lowest BCUT2D eigenvalue weighted by Crippen LogP contribution is -2.18. The van der Waals surface area contributed by atoms with Gasteiger partial charge in [0.2, 0.25) is 0 Å². The first-order valence-electron chi connectivity index (χ1n) is 4.91. The standard InChI is InChI=1S/C11H14N4/c1-8-3-5-9(6-4-8)11(12-2)10-7-13-15-14-10/h3-7,11-12H,1-2H3,(H,13,14,15). The smallest absolute Gasteiger partial charge is 0.104 e. The molecule has 1 aromatic carbocycles. The average molecular weight is 202 g/mol. The highest BCUT2D eigenvalue weighted by Gasteiger charge is 2.13. The Morgan fingerprint density at radius 2 is 2.00 bits per heavy atom. The van der Waals surface area contributed by atoms with E-state index in [9.17, 15) is 0 Å². The third kappa shape index (κ3) is 2.05. The largest absolute Gasteiger partial charge is 0.308 e. The Bertz CT molecular complexity index is 405. The number of hydrogen-bond acceptors (Lipinski definition) is 3. The zero-order valence-corrected chi connectivity index (χ0v) is 8.86. The second kappa shape index (κ2) is 4.23. The fourth-order valence-electron chi connectivity index (χ4n) is 1.59. The van der Waals surface area contributed by atoms with Gasteiger partial charge in [0, 0.05) is 0 Å². The van der Waals surface area contributed by atoms with Crippen molar-refractivity contribution in [2.75, 3.05) is 7.05 Å². The molecule has 15 heavy (non-hydrogen) atoms. The summed E-state index contributed by atoms with van der Waals surface area (Å²) in [6, 6.07) is 8.50. The third-order valence-electron chi connectivity index (χ3n) is 2.43. The van der Waals surface area contributed by atoms with Gasteiger partial charge in [-0.15, -0.1) is 0 Å². The number of hydrogen-bond donors (Lipinski definition) is 2. The molecule has 4 nitrogen and oxygen atoms in total. The van der Waals surface area contributed by atoms with Gasteiger partial charge in [-0.1, -0.05) is 29.8 Å². The fourth-order valence-corrected chi connectivity index (χ4v) is 1.59. The third-order valence-corrected chi connectivity index (χ3v) is 2.43. The van der Waals surface area contributed by atoms with Crippen molar-refractivity contribution in [3.8, 4) is 0 Å². The van der Waals surface area contributed by atoms with Crippen LogP contribution in [0.5, 0.6) is 0 Å². The van der Waals surface area contributed by atoms with E-state index in [2.05, 4.69) is 51.9 Å². The van der Waals surface area contributed by atoms with Crippen LogP contribution >= 0.6 is 0 Å². The van der Waals surface area contributed by atoms with Gasteiger partial charge in [0.25, 0.3) is 0 Å². The molecule has 0 saturated heterocycles. The number of H-pyrrole nitrogens is 1. The Morgan fingerprint density at radius 1 is 1.27 bits per heavy atom. The molecule has 1 unspecified atom stereocenters. The Balaban J connectivity index is 2.31. The van der Waals surface area contributed by atoms with E-state index < -0.39 is 0 Å². The zero-order chi connectivity index (χ0) is 10.7. The first-order valence-corrected chi connectivity index (χ1v) is 4.91. The molecule has 78 valence electrons. The minimum Gasteiger partial charge on any atom is -0.308 e. The van der Waals surface area contributed by atoms with Crippen LogP contribution < -0.4 is 5.32 Å². The highest BCUT2D eigenvalue weighted by atomic mass is 15.3. The van der Waals surface area contributed by atoms with E-state index in [0.29, 0.717) is 0 Å². The second-order valence-electron chi connectivity index (χ2n) is 3.53. The first-order chi connectivity index (χ1) is 7.31. The number of aromatic amines is 1. The van der Waals surface area contributed by atoms with Crippen molar-refractivity contribution in [2.45, 2.75) is 13.0 Å². The summed E-state index contributed by atoms with van der Waals surface area (Å²) in [6.45, 7) is 2.08. The van der Waals surface area contributed by atoms with Crippen molar-refractivity contribution < 1.29 is 0 Å². The van der Waals surface area contributed by atoms with Gasteiger partial charge in [0.1, 0.15) is 5.69 Å². The summed E-state index contributed by atoms with van der Waals surface area (Å²) in [6.07, 6.45) is 1.74. The molecule has 0 aliphatic carbocycles. The summed E-state index contributed by atoms with van der Waals surface area (Å²) in [7, 11) is 1.92. The van der Waals surface area contributed by atoms with Crippen molar-refractivity contribution in [3.05, 3.63) is 47.3 Å². The molecule has 1 aromatic heterocycles. The molecule has 4 heteroatoms. The van der Waals surface area contributed by atoms with Gasteiger partial charge in [-0.05, 0) is 19.5 Å². The van der Waals surface area contributed by atoms with Crippen LogP contribution in [0.15, 0.2) is 30.5 Å². The molecule has 0 fully saturated rings. The van der Waals surface area contributed by atoms with Gasteiger partial charge in [-0.2, -0.15) is 15.4 Å².